The van der Waals surface area contributed by atoms with Crippen molar-refractivity contribution in [1.82, 2.24) is 0 Å². The van der Waals surface area contributed by atoms with Gasteiger partial charge in [-0.3, -0.25) is 9.59 Å². The van der Waals surface area contributed by atoms with E-state index in [1.807, 2.05) is 0 Å². The molecule has 3 rings (SSSR count). The van der Waals surface area contributed by atoms with E-state index in [1.54, 1.807) is 19.2 Å². The zero-order valence-corrected chi connectivity index (χ0v) is 12.8. The van der Waals surface area contributed by atoms with Crippen molar-refractivity contribution in [3.05, 3.63) is 24.0 Å². The molecular weight excluding hydrogens is 283 g/mol. The number of benzene rings is 1. The highest BCUT2D eigenvalue weighted by molar-refractivity contribution is 5.94. The van der Waals surface area contributed by atoms with Gasteiger partial charge in [0, 0.05) is 25.6 Å². The van der Waals surface area contributed by atoms with Crippen LogP contribution in [0.3, 0.4) is 0 Å². The molecule has 2 aliphatic carbocycles. The van der Waals surface area contributed by atoms with Gasteiger partial charge in [-0.2, -0.15) is 0 Å². The summed E-state index contributed by atoms with van der Waals surface area (Å²) in [7, 11) is 1.59. The number of rotatable bonds is 6. The largest absolute Gasteiger partial charge is 0.326 e. The lowest BCUT2D eigenvalue weighted by Crippen LogP contribution is -2.27. The van der Waals surface area contributed by atoms with E-state index in [0.717, 1.165) is 25.7 Å². The third-order valence-corrected chi connectivity index (χ3v) is 4.30. The molecule has 0 unspecified atom stereocenters. The molecule has 1 N–H and O–H groups in total. The van der Waals surface area contributed by atoms with Crippen molar-refractivity contribution < 1.29 is 14.0 Å². The van der Waals surface area contributed by atoms with Crippen molar-refractivity contribution in [3.63, 3.8) is 0 Å². The van der Waals surface area contributed by atoms with E-state index in [9.17, 15) is 14.0 Å². The van der Waals surface area contributed by atoms with E-state index < -0.39 is 5.82 Å². The molecule has 4 nitrogen and oxygen atoms in total. The zero-order chi connectivity index (χ0) is 15.7. The van der Waals surface area contributed by atoms with Crippen LogP contribution in [0.25, 0.3) is 0 Å². The number of carbonyl (C=O) groups is 2. The number of hydrogen-bond donors (Lipinski definition) is 1. The van der Waals surface area contributed by atoms with Crippen molar-refractivity contribution in [2.24, 2.45) is 11.8 Å². The number of halogens is 1. The summed E-state index contributed by atoms with van der Waals surface area (Å²) in [5.41, 5.74) is 0.695. The maximum absolute atomic E-state index is 14.2. The number of hydrogen-bond acceptors (Lipinski definition) is 2. The smallest absolute Gasteiger partial charge is 0.227 e. The second kappa shape index (κ2) is 6.07. The SMILES string of the molecule is CN(C(=O)CC1CC1)c1ccc(NC(=O)CC2CC2)cc1F. The van der Waals surface area contributed by atoms with Crippen molar-refractivity contribution in [2.75, 3.05) is 17.3 Å². The van der Waals surface area contributed by atoms with Gasteiger partial charge in [-0.25, -0.2) is 4.39 Å². The first-order chi connectivity index (χ1) is 10.5. The molecule has 0 saturated heterocycles. The van der Waals surface area contributed by atoms with Crippen LogP contribution in [-0.2, 0) is 9.59 Å². The van der Waals surface area contributed by atoms with Gasteiger partial charge >= 0.3 is 0 Å². The van der Waals surface area contributed by atoms with Gasteiger partial charge in [-0.1, -0.05) is 0 Å². The first-order valence-electron chi connectivity index (χ1n) is 7.89. The van der Waals surface area contributed by atoms with Gasteiger partial charge in [0.1, 0.15) is 5.82 Å². The van der Waals surface area contributed by atoms with E-state index in [4.69, 9.17) is 0 Å². The standard InChI is InChI=1S/C17H21FN2O2/c1-20(17(22)9-12-4-5-12)15-7-6-13(10-14(15)18)19-16(21)8-11-2-3-11/h6-7,10-12H,2-5,8-9H2,1H3,(H,19,21). The van der Waals surface area contributed by atoms with Gasteiger partial charge in [-0.05, 0) is 55.7 Å². The van der Waals surface area contributed by atoms with E-state index in [-0.39, 0.29) is 17.5 Å². The van der Waals surface area contributed by atoms with E-state index in [0.29, 0.717) is 30.4 Å². The molecule has 0 radical (unpaired) electrons. The molecule has 0 spiro atoms. The van der Waals surface area contributed by atoms with Gasteiger partial charge in [-0.15, -0.1) is 0 Å². The summed E-state index contributed by atoms with van der Waals surface area (Å²) in [6, 6.07) is 4.47. The van der Waals surface area contributed by atoms with Crippen LogP contribution in [0.4, 0.5) is 15.8 Å². The number of nitrogens with zero attached hydrogens (tertiary/aromatic N) is 1. The molecule has 0 heterocycles. The molecule has 0 atom stereocenters. The van der Waals surface area contributed by atoms with Crippen LogP contribution in [0.2, 0.25) is 0 Å². The lowest BCUT2D eigenvalue weighted by molar-refractivity contribution is -0.119. The van der Waals surface area contributed by atoms with Crippen molar-refractivity contribution in [1.29, 1.82) is 0 Å². The Labute approximate surface area is 129 Å². The average Bonchev–Trinajstić information content (AvgIpc) is 3.34. The Morgan fingerprint density at radius 3 is 2.41 bits per heavy atom. The van der Waals surface area contributed by atoms with Gasteiger partial charge < -0.3 is 10.2 Å². The van der Waals surface area contributed by atoms with Crippen LogP contribution in [0.1, 0.15) is 38.5 Å². The summed E-state index contributed by atoms with van der Waals surface area (Å²) in [5.74, 6) is 0.338. The molecule has 0 aromatic heterocycles. The Morgan fingerprint density at radius 1 is 1.18 bits per heavy atom. The monoisotopic (exact) mass is 304 g/mol. The van der Waals surface area contributed by atoms with Crippen LogP contribution in [-0.4, -0.2) is 18.9 Å². The number of carbonyl (C=O) groups excluding carboxylic acids is 2. The second-order valence-electron chi connectivity index (χ2n) is 6.46. The Hall–Kier alpha value is -1.91. The lowest BCUT2D eigenvalue weighted by atomic mass is 10.2. The van der Waals surface area contributed by atoms with Crippen molar-refractivity contribution >= 4 is 23.2 Å². The minimum atomic E-state index is -0.490. The number of nitrogens with one attached hydrogen (secondary N) is 1. The normalized spacial score (nSPS) is 17.2. The van der Waals surface area contributed by atoms with Crippen molar-refractivity contribution in [2.45, 2.75) is 38.5 Å². The summed E-state index contributed by atoms with van der Waals surface area (Å²) < 4.78 is 14.2. The maximum Gasteiger partial charge on any atom is 0.227 e. The molecule has 2 fully saturated rings. The van der Waals surface area contributed by atoms with Crippen molar-refractivity contribution in [3.8, 4) is 0 Å². The lowest BCUT2D eigenvalue weighted by Gasteiger charge is -2.18. The molecule has 2 saturated carbocycles. The Balaban J connectivity index is 1.62. The molecular formula is C17H21FN2O2. The predicted molar refractivity (Wildman–Crippen MR) is 83.1 cm³/mol. The molecule has 5 heteroatoms. The minimum absolute atomic E-state index is 0.0630. The van der Waals surface area contributed by atoms with Gasteiger partial charge in [0.15, 0.2) is 0 Å². The molecule has 2 aliphatic rings. The quantitative estimate of drug-likeness (QED) is 0.876. The number of anilines is 2. The fourth-order valence-electron chi connectivity index (χ4n) is 2.49. The molecule has 0 aliphatic heterocycles. The van der Waals surface area contributed by atoms with E-state index in [1.165, 1.54) is 11.0 Å². The summed E-state index contributed by atoms with van der Waals surface area (Å²) in [6.07, 6.45) is 5.38. The Bertz CT molecular complexity index is 594. The molecule has 118 valence electrons. The topological polar surface area (TPSA) is 49.4 Å². The van der Waals surface area contributed by atoms with Crippen LogP contribution in [0.5, 0.6) is 0 Å². The molecule has 1 aromatic carbocycles. The Morgan fingerprint density at radius 2 is 1.82 bits per heavy atom. The summed E-state index contributed by atoms with van der Waals surface area (Å²) in [6.45, 7) is 0. The fourth-order valence-corrected chi connectivity index (χ4v) is 2.49. The highest BCUT2D eigenvalue weighted by Crippen LogP contribution is 2.34. The second-order valence-corrected chi connectivity index (χ2v) is 6.46. The van der Waals surface area contributed by atoms with E-state index >= 15 is 0 Å². The highest BCUT2D eigenvalue weighted by Gasteiger charge is 2.27. The zero-order valence-electron chi connectivity index (χ0n) is 12.8. The summed E-state index contributed by atoms with van der Waals surface area (Å²) in [4.78, 5) is 25.1. The first kappa shape index (κ1) is 15.0. The summed E-state index contributed by atoms with van der Waals surface area (Å²) in [5, 5.41) is 2.71. The van der Waals surface area contributed by atoms with E-state index in [2.05, 4.69) is 5.32 Å². The maximum atomic E-state index is 14.2. The molecule has 0 bridgehead atoms. The van der Waals surface area contributed by atoms with Crippen LogP contribution >= 0.6 is 0 Å². The van der Waals surface area contributed by atoms with Crippen LogP contribution in [0, 0.1) is 17.7 Å². The molecule has 1 aromatic rings. The fraction of sp³-hybridized carbons (Fsp3) is 0.529. The third-order valence-electron chi connectivity index (χ3n) is 4.30. The molecule has 22 heavy (non-hydrogen) atoms. The Kier molecular flexibility index (Phi) is 4.14. The van der Waals surface area contributed by atoms with Crippen LogP contribution < -0.4 is 10.2 Å². The van der Waals surface area contributed by atoms with Gasteiger partial charge in [0.2, 0.25) is 11.8 Å². The molecule has 2 amide bonds. The highest BCUT2D eigenvalue weighted by atomic mass is 19.1. The summed E-state index contributed by atoms with van der Waals surface area (Å²) >= 11 is 0. The first-order valence-corrected chi connectivity index (χ1v) is 7.89. The minimum Gasteiger partial charge on any atom is -0.326 e. The van der Waals surface area contributed by atoms with Gasteiger partial charge in [0.25, 0.3) is 0 Å². The average molecular weight is 304 g/mol. The third kappa shape index (κ3) is 3.84. The number of amides is 2. The van der Waals surface area contributed by atoms with Gasteiger partial charge in [0.05, 0.1) is 5.69 Å². The van der Waals surface area contributed by atoms with Crippen LogP contribution in [0.15, 0.2) is 18.2 Å². The predicted octanol–water partition coefficient (Wildman–Crippen LogP) is 3.33.